The molecule has 5 heteroatoms. The van der Waals surface area contributed by atoms with E-state index in [9.17, 15) is 14.4 Å². The van der Waals surface area contributed by atoms with Crippen LogP contribution in [0.4, 0.5) is 5.69 Å². The Morgan fingerprint density at radius 1 is 0.964 bits per heavy atom. The van der Waals surface area contributed by atoms with Gasteiger partial charge in [0, 0.05) is 6.92 Å². The molecule has 0 radical (unpaired) electrons. The molecule has 2 unspecified atom stereocenters. The highest BCUT2D eigenvalue weighted by Crippen LogP contribution is 2.31. The molecule has 1 heterocycles. The van der Waals surface area contributed by atoms with Crippen molar-refractivity contribution >= 4 is 23.4 Å². The quantitative estimate of drug-likeness (QED) is 0.738. The van der Waals surface area contributed by atoms with Crippen LogP contribution in [0, 0.1) is 0 Å². The zero-order chi connectivity index (χ0) is 20.4. The molecule has 1 fully saturated rings. The molecule has 0 spiro atoms. The SMILES string of the molecule is CC(=O)N(C1CC(=O)N(c2ccc(C(C)C)cc2)C1=O)C(C)c1ccccc1. The van der Waals surface area contributed by atoms with Crippen LogP contribution >= 0.6 is 0 Å². The van der Waals surface area contributed by atoms with E-state index >= 15 is 0 Å². The monoisotopic (exact) mass is 378 g/mol. The maximum Gasteiger partial charge on any atom is 0.257 e. The number of hydrogen-bond acceptors (Lipinski definition) is 3. The van der Waals surface area contributed by atoms with Gasteiger partial charge < -0.3 is 4.90 Å². The summed E-state index contributed by atoms with van der Waals surface area (Å²) in [7, 11) is 0. The fourth-order valence-corrected chi connectivity index (χ4v) is 3.77. The number of anilines is 1. The van der Waals surface area contributed by atoms with Gasteiger partial charge in [0.1, 0.15) is 6.04 Å². The molecule has 3 rings (SSSR count). The Morgan fingerprint density at radius 3 is 2.11 bits per heavy atom. The van der Waals surface area contributed by atoms with Crippen LogP contribution in [-0.2, 0) is 14.4 Å². The Hall–Kier alpha value is -2.95. The van der Waals surface area contributed by atoms with E-state index in [0.29, 0.717) is 11.6 Å². The zero-order valence-corrected chi connectivity index (χ0v) is 16.8. The first-order valence-electron chi connectivity index (χ1n) is 9.62. The van der Waals surface area contributed by atoms with Crippen molar-refractivity contribution in [3.63, 3.8) is 0 Å². The van der Waals surface area contributed by atoms with Gasteiger partial charge in [0.15, 0.2) is 0 Å². The van der Waals surface area contributed by atoms with Gasteiger partial charge in [-0.2, -0.15) is 0 Å². The molecule has 5 nitrogen and oxygen atoms in total. The minimum absolute atomic E-state index is 0.00151. The topological polar surface area (TPSA) is 57.7 Å². The Kier molecular flexibility index (Phi) is 5.63. The van der Waals surface area contributed by atoms with Crippen LogP contribution in [0.5, 0.6) is 0 Å². The van der Waals surface area contributed by atoms with Gasteiger partial charge in [-0.15, -0.1) is 0 Å². The molecule has 0 N–H and O–H groups in total. The maximum atomic E-state index is 13.1. The summed E-state index contributed by atoms with van der Waals surface area (Å²) in [6.07, 6.45) is 0.00151. The first-order valence-corrected chi connectivity index (χ1v) is 9.62. The van der Waals surface area contributed by atoms with Gasteiger partial charge in [-0.25, -0.2) is 4.90 Å². The van der Waals surface area contributed by atoms with Gasteiger partial charge in [-0.3, -0.25) is 14.4 Å². The van der Waals surface area contributed by atoms with Crippen molar-refractivity contribution in [2.75, 3.05) is 4.90 Å². The highest BCUT2D eigenvalue weighted by molar-refractivity contribution is 6.23. The van der Waals surface area contributed by atoms with Crippen LogP contribution in [0.3, 0.4) is 0 Å². The lowest BCUT2D eigenvalue weighted by Crippen LogP contribution is -2.45. The van der Waals surface area contributed by atoms with Gasteiger partial charge in [-0.1, -0.05) is 56.3 Å². The number of rotatable bonds is 5. The van der Waals surface area contributed by atoms with Crippen LogP contribution < -0.4 is 4.90 Å². The van der Waals surface area contributed by atoms with E-state index in [1.807, 2.05) is 49.4 Å². The van der Waals surface area contributed by atoms with Gasteiger partial charge in [-0.05, 0) is 36.1 Å². The lowest BCUT2D eigenvalue weighted by atomic mass is 10.0. The maximum absolute atomic E-state index is 13.1. The van der Waals surface area contributed by atoms with E-state index < -0.39 is 6.04 Å². The number of nitrogens with zero attached hydrogens (tertiary/aromatic N) is 2. The van der Waals surface area contributed by atoms with Gasteiger partial charge in [0.25, 0.3) is 5.91 Å². The molecule has 1 aliphatic rings. The molecular formula is C23H26N2O3. The van der Waals surface area contributed by atoms with Gasteiger partial charge in [0.05, 0.1) is 18.2 Å². The average Bonchev–Trinajstić information content (AvgIpc) is 2.96. The molecule has 0 aromatic heterocycles. The number of imide groups is 1. The molecule has 146 valence electrons. The highest BCUT2D eigenvalue weighted by atomic mass is 16.2. The number of hydrogen-bond donors (Lipinski definition) is 0. The first kappa shape index (κ1) is 19.8. The third-order valence-electron chi connectivity index (χ3n) is 5.34. The Bertz CT molecular complexity index is 874. The molecule has 2 aromatic rings. The van der Waals surface area contributed by atoms with Crippen molar-refractivity contribution < 1.29 is 14.4 Å². The van der Waals surface area contributed by atoms with E-state index in [-0.39, 0.29) is 30.2 Å². The van der Waals surface area contributed by atoms with Crippen LogP contribution in [0.25, 0.3) is 0 Å². The van der Waals surface area contributed by atoms with Gasteiger partial charge in [0.2, 0.25) is 11.8 Å². The Labute approximate surface area is 166 Å². The van der Waals surface area contributed by atoms with E-state index in [2.05, 4.69) is 13.8 Å². The molecule has 0 bridgehead atoms. The highest BCUT2D eigenvalue weighted by Gasteiger charge is 2.45. The largest absolute Gasteiger partial charge is 0.324 e. The fourth-order valence-electron chi connectivity index (χ4n) is 3.77. The molecule has 2 atom stereocenters. The number of benzene rings is 2. The molecule has 28 heavy (non-hydrogen) atoms. The summed E-state index contributed by atoms with van der Waals surface area (Å²) in [4.78, 5) is 40.9. The number of carbonyl (C=O) groups is 3. The van der Waals surface area contributed by atoms with Crippen LogP contribution in [-0.4, -0.2) is 28.7 Å². The minimum Gasteiger partial charge on any atom is -0.324 e. The van der Waals surface area contributed by atoms with Gasteiger partial charge >= 0.3 is 0 Å². The van der Waals surface area contributed by atoms with Crippen molar-refractivity contribution in [2.24, 2.45) is 0 Å². The summed E-state index contributed by atoms with van der Waals surface area (Å²) < 4.78 is 0. The third kappa shape index (κ3) is 3.70. The molecule has 1 aliphatic heterocycles. The zero-order valence-electron chi connectivity index (χ0n) is 16.8. The van der Waals surface area contributed by atoms with Crippen LogP contribution in [0.1, 0.15) is 57.2 Å². The van der Waals surface area contributed by atoms with Crippen LogP contribution in [0.15, 0.2) is 54.6 Å². The average molecular weight is 378 g/mol. The van der Waals surface area contributed by atoms with Crippen molar-refractivity contribution in [2.45, 2.75) is 52.1 Å². The second kappa shape index (κ2) is 7.97. The molecule has 2 aromatic carbocycles. The molecule has 0 saturated carbocycles. The lowest BCUT2D eigenvalue weighted by molar-refractivity contribution is -0.139. The minimum atomic E-state index is -0.787. The van der Waals surface area contributed by atoms with Crippen molar-refractivity contribution in [1.82, 2.24) is 4.90 Å². The Morgan fingerprint density at radius 2 is 1.57 bits per heavy atom. The summed E-state index contributed by atoms with van der Waals surface area (Å²) in [5, 5.41) is 0. The van der Waals surface area contributed by atoms with E-state index in [4.69, 9.17) is 0 Å². The number of amides is 3. The smallest absolute Gasteiger partial charge is 0.257 e. The summed E-state index contributed by atoms with van der Waals surface area (Å²) in [5.74, 6) is -0.481. The molecule has 0 aliphatic carbocycles. The summed E-state index contributed by atoms with van der Waals surface area (Å²) in [5.41, 5.74) is 2.62. The second-order valence-corrected chi connectivity index (χ2v) is 7.55. The van der Waals surface area contributed by atoms with E-state index in [1.165, 1.54) is 16.7 Å². The summed E-state index contributed by atoms with van der Waals surface area (Å²) >= 11 is 0. The van der Waals surface area contributed by atoms with E-state index in [0.717, 1.165) is 11.1 Å². The van der Waals surface area contributed by atoms with E-state index in [1.54, 1.807) is 12.1 Å². The summed E-state index contributed by atoms with van der Waals surface area (Å²) in [6, 6.07) is 15.9. The lowest BCUT2D eigenvalue weighted by Gasteiger charge is -2.32. The normalized spacial score (nSPS) is 17.9. The summed E-state index contributed by atoms with van der Waals surface area (Å²) in [6.45, 7) is 7.51. The van der Waals surface area contributed by atoms with Crippen LogP contribution in [0.2, 0.25) is 0 Å². The Balaban J connectivity index is 1.89. The standard InChI is InChI=1S/C23H26N2O3/c1-15(2)18-10-12-20(13-11-18)25-22(27)14-21(23(25)28)24(17(4)26)16(3)19-8-6-5-7-9-19/h5-13,15-16,21H,14H2,1-4H3. The fraction of sp³-hybridized carbons (Fsp3) is 0.348. The number of carbonyl (C=O) groups excluding carboxylic acids is 3. The predicted molar refractivity (Wildman–Crippen MR) is 109 cm³/mol. The third-order valence-corrected chi connectivity index (χ3v) is 5.34. The molecule has 1 saturated heterocycles. The molecule has 3 amide bonds. The van der Waals surface area contributed by atoms with Crippen molar-refractivity contribution in [3.8, 4) is 0 Å². The van der Waals surface area contributed by atoms with Crippen molar-refractivity contribution in [1.29, 1.82) is 0 Å². The molecular weight excluding hydrogens is 352 g/mol. The second-order valence-electron chi connectivity index (χ2n) is 7.55. The first-order chi connectivity index (χ1) is 13.3. The van der Waals surface area contributed by atoms with Crippen molar-refractivity contribution in [3.05, 3.63) is 65.7 Å². The predicted octanol–water partition coefficient (Wildman–Crippen LogP) is 4.05.